The van der Waals surface area contributed by atoms with Crippen molar-refractivity contribution in [1.82, 2.24) is 19.8 Å². The summed E-state index contributed by atoms with van der Waals surface area (Å²) < 4.78 is 4.85. The minimum atomic E-state index is -0.178. The number of hydrogen-bond acceptors (Lipinski definition) is 2. The normalized spacial score (nSPS) is 16.9. The highest BCUT2D eigenvalue weighted by Crippen LogP contribution is 2.40. The molecule has 3 heterocycles. The molecule has 0 bridgehead atoms. The summed E-state index contributed by atoms with van der Waals surface area (Å²) >= 11 is 0. The van der Waals surface area contributed by atoms with Crippen molar-refractivity contribution in [3.63, 3.8) is 0 Å². The predicted octanol–water partition coefficient (Wildman–Crippen LogP) is 9.32. The van der Waals surface area contributed by atoms with E-state index in [1.807, 2.05) is 0 Å². The molecule has 9 rings (SSSR count). The van der Waals surface area contributed by atoms with Crippen LogP contribution in [0, 0.1) is 0 Å². The largest absolute Gasteiger partial charge is 0.352 e. The average Bonchev–Trinajstić information content (AvgIpc) is 3.60. The summed E-state index contributed by atoms with van der Waals surface area (Å²) in [5.74, 6) is 0. The molecule has 2 N–H and O–H groups in total. The topological polar surface area (TPSA) is 33.9 Å². The first kappa shape index (κ1) is 25.0. The fourth-order valence-corrected chi connectivity index (χ4v) is 7.00. The highest BCUT2D eigenvalue weighted by Gasteiger charge is 2.27. The number of para-hydroxylation sites is 3. The van der Waals surface area contributed by atoms with Crippen LogP contribution in [0.5, 0.6) is 0 Å². The Morgan fingerprint density at radius 2 is 1.05 bits per heavy atom. The minimum absolute atomic E-state index is 0.0394. The molecule has 0 fully saturated rings. The van der Waals surface area contributed by atoms with E-state index < -0.39 is 0 Å². The second-order valence-corrected chi connectivity index (χ2v) is 11.5. The van der Waals surface area contributed by atoms with Gasteiger partial charge in [-0.1, -0.05) is 115 Å². The van der Waals surface area contributed by atoms with E-state index >= 15 is 0 Å². The molecule has 0 radical (unpaired) electrons. The zero-order valence-electron chi connectivity index (χ0n) is 24.1. The van der Waals surface area contributed by atoms with Gasteiger partial charge in [0.15, 0.2) is 6.29 Å². The lowest BCUT2D eigenvalue weighted by atomic mass is 10.0. The number of rotatable bonds is 4. The third-order valence-corrected chi connectivity index (χ3v) is 8.98. The summed E-state index contributed by atoms with van der Waals surface area (Å²) in [7, 11) is 0. The lowest BCUT2D eigenvalue weighted by molar-refractivity contribution is 0.351. The van der Waals surface area contributed by atoms with E-state index in [0.29, 0.717) is 0 Å². The Bertz CT molecular complexity index is 2330. The van der Waals surface area contributed by atoms with Gasteiger partial charge in [-0.05, 0) is 53.6 Å². The minimum Gasteiger partial charge on any atom is -0.352 e. The van der Waals surface area contributed by atoms with Crippen LogP contribution in [-0.4, -0.2) is 9.13 Å². The SMILES string of the molecule is C1=C(c2ccccc2)NC(n2c3ccccc3c3cc4c(cc32)c2ccccc2n4-c2ccccc2)NC1c1ccccc1. The first-order chi connectivity index (χ1) is 21.8. The van der Waals surface area contributed by atoms with Gasteiger partial charge in [0.25, 0.3) is 0 Å². The Balaban J connectivity index is 1.31. The van der Waals surface area contributed by atoms with Crippen LogP contribution in [0.3, 0.4) is 0 Å². The number of fused-ring (bicyclic) bond motifs is 6. The van der Waals surface area contributed by atoms with E-state index in [1.54, 1.807) is 0 Å². The Morgan fingerprint density at radius 1 is 0.477 bits per heavy atom. The van der Waals surface area contributed by atoms with Crippen LogP contribution < -0.4 is 10.6 Å². The van der Waals surface area contributed by atoms with Gasteiger partial charge >= 0.3 is 0 Å². The summed E-state index contributed by atoms with van der Waals surface area (Å²) in [4.78, 5) is 0. The van der Waals surface area contributed by atoms with Gasteiger partial charge in [0.05, 0.1) is 28.1 Å². The lowest BCUT2D eigenvalue weighted by Crippen LogP contribution is -2.43. The van der Waals surface area contributed by atoms with Crippen molar-refractivity contribution >= 4 is 49.3 Å². The van der Waals surface area contributed by atoms with Crippen molar-refractivity contribution in [3.05, 3.63) is 169 Å². The van der Waals surface area contributed by atoms with Crippen LogP contribution in [0.1, 0.15) is 23.5 Å². The van der Waals surface area contributed by atoms with Crippen LogP contribution in [0.15, 0.2) is 158 Å². The highest BCUT2D eigenvalue weighted by molar-refractivity contribution is 6.18. The van der Waals surface area contributed by atoms with Crippen molar-refractivity contribution in [1.29, 1.82) is 0 Å². The summed E-state index contributed by atoms with van der Waals surface area (Å²) in [6, 6.07) is 54.4. The van der Waals surface area contributed by atoms with E-state index in [2.05, 4.69) is 178 Å². The summed E-state index contributed by atoms with van der Waals surface area (Å²) in [6.07, 6.45) is 2.13. The molecule has 8 aromatic rings. The van der Waals surface area contributed by atoms with Crippen molar-refractivity contribution in [2.45, 2.75) is 12.3 Å². The molecule has 2 unspecified atom stereocenters. The first-order valence-electron chi connectivity index (χ1n) is 15.2. The molecule has 6 aromatic carbocycles. The van der Waals surface area contributed by atoms with Crippen molar-refractivity contribution in [2.75, 3.05) is 0 Å². The average molecular weight is 567 g/mol. The molecule has 2 aromatic heterocycles. The Hall–Kier alpha value is -5.58. The van der Waals surface area contributed by atoms with Crippen molar-refractivity contribution in [2.24, 2.45) is 0 Å². The lowest BCUT2D eigenvalue weighted by Gasteiger charge is -2.34. The first-order valence-corrected chi connectivity index (χ1v) is 15.2. The Morgan fingerprint density at radius 3 is 1.80 bits per heavy atom. The smallest absolute Gasteiger partial charge is 0.160 e. The highest BCUT2D eigenvalue weighted by atomic mass is 15.3. The van der Waals surface area contributed by atoms with Crippen molar-refractivity contribution in [3.8, 4) is 5.69 Å². The molecule has 210 valence electrons. The van der Waals surface area contributed by atoms with E-state index in [0.717, 1.165) is 5.70 Å². The number of aromatic nitrogens is 2. The zero-order valence-corrected chi connectivity index (χ0v) is 24.1. The molecule has 1 aliphatic rings. The van der Waals surface area contributed by atoms with Gasteiger partial charge in [-0.2, -0.15) is 0 Å². The fourth-order valence-electron chi connectivity index (χ4n) is 7.00. The number of nitrogens with zero attached hydrogens (tertiary/aromatic N) is 2. The molecular weight excluding hydrogens is 536 g/mol. The summed E-state index contributed by atoms with van der Waals surface area (Å²) in [6.45, 7) is 0. The van der Waals surface area contributed by atoms with E-state index in [4.69, 9.17) is 0 Å². The zero-order chi connectivity index (χ0) is 29.0. The molecule has 44 heavy (non-hydrogen) atoms. The molecule has 0 aliphatic carbocycles. The molecule has 0 saturated carbocycles. The van der Waals surface area contributed by atoms with Crippen LogP contribution in [-0.2, 0) is 0 Å². The number of benzene rings is 6. The monoisotopic (exact) mass is 566 g/mol. The maximum absolute atomic E-state index is 3.94. The number of nitrogens with one attached hydrogen (secondary N) is 2. The maximum atomic E-state index is 3.94. The Kier molecular flexibility index (Phi) is 5.68. The van der Waals surface area contributed by atoms with E-state index in [-0.39, 0.29) is 12.3 Å². The molecule has 0 amide bonds. The second-order valence-electron chi connectivity index (χ2n) is 11.5. The fraction of sp³-hybridized carbons (Fsp3) is 0.0500. The standard InChI is InChI=1S/C40H30N4/c1-4-14-27(15-5-1)34-26-35(28-16-6-2-7-17-28)42-40(41-34)44-37-23-13-11-21-31(37)33-24-38-32(25-39(33)44)30-20-10-12-22-36(30)43(38)29-18-8-3-9-19-29/h1-26,34,40-42H. The van der Waals surface area contributed by atoms with Gasteiger partial charge < -0.3 is 14.5 Å². The van der Waals surface area contributed by atoms with Crippen molar-refractivity contribution < 1.29 is 0 Å². The van der Waals surface area contributed by atoms with Gasteiger partial charge in [-0.3, -0.25) is 5.32 Å². The number of hydrogen-bond donors (Lipinski definition) is 2. The molecule has 4 nitrogen and oxygen atoms in total. The van der Waals surface area contributed by atoms with Gasteiger partial charge in [0.2, 0.25) is 0 Å². The predicted molar refractivity (Wildman–Crippen MR) is 183 cm³/mol. The molecule has 1 aliphatic heterocycles. The Labute approximate surface area is 255 Å². The third-order valence-electron chi connectivity index (χ3n) is 8.98. The van der Waals surface area contributed by atoms with Crippen LogP contribution in [0.2, 0.25) is 0 Å². The summed E-state index contributed by atoms with van der Waals surface area (Å²) in [5.41, 5.74) is 9.51. The van der Waals surface area contributed by atoms with Gasteiger partial charge in [-0.25, -0.2) is 0 Å². The second kappa shape index (κ2) is 10.0. The van der Waals surface area contributed by atoms with Gasteiger partial charge in [0.1, 0.15) is 0 Å². The van der Waals surface area contributed by atoms with E-state index in [9.17, 15) is 0 Å². The van der Waals surface area contributed by atoms with Crippen LogP contribution >= 0.6 is 0 Å². The van der Waals surface area contributed by atoms with E-state index in [1.165, 1.54) is 60.4 Å². The quantitative estimate of drug-likeness (QED) is 0.223. The summed E-state index contributed by atoms with van der Waals surface area (Å²) in [5, 5.41) is 12.8. The third kappa shape index (κ3) is 3.89. The maximum Gasteiger partial charge on any atom is 0.160 e. The molecule has 4 heteroatoms. The van der Waals surface area contributed by atoms with Gasteiger partial charge in [-0.15, -0.1) is 0 Å². The van der Waals surface area contributed by atoms with Crippen LogP contribution in [0.25, 0.3) is 55.0 Å². The molecular formula is C40H30N4. The molecule has 0 saturated heterocycles. The molecule has 0 spiro atoms. The van der Waals surface area contributed by atoms with Gasteiger partial charge in [0, 0.05) is 32.9 Å². The van der Waals surface area contributed by atoms with Crippen LogP contribution in [0.4, 0.5) is 0 Å². The molecule has 2 atom stereocenters.